The number of hydrogen-bond acceptors (Lipinski definition) is 0. The van der Waals surface area contributed by atoms with Crippen LogP contribution in [0.4, 0.5) is 0 Å². The fourth-order valence-corrected chi connectivity index (χ4v) is 1.20. The maximum absolute atomic E-state index is 3.78. The molecule has 0 aromatic heterocycles. The summed E-state index contributed by atoms with van der Waals surface area (Å²) < 4.78 is 0. The highest BCUT2D eigenvalue weighted by atomic mass is 14.1. The lowest BCUT2D eigenvalue weighted by atomic mass is 9.91. The molecule has 0 saturated carbocycles. The highest BCUT2D eigenvalue weighted by Crippen LogP contribution is 2.23. The Morgan fingerprint density at radius 1 is 1.78 bits per heavy atom. The highest BCUT2D eigenvalue weighted by Gasteiger charge is 2.07. The van der Waals surface area contributed by atoms with Crippen molar-refractivity contribution < 1.29 is 0 Å². The van der Waals surface area contributed by atoms with Crippen LogP contribution in [0.2, 0.25) is 0 Å². The predicted octanol–water partition coefficient (Wildman–Crippen LogP) is 2.92. The van der Waals surface area contributed by atoms with Crippen molar-refractivity contribution in [1.82, 2.24) is 0 Å². The van der Waals surface area contributed by atoms with E-state index in [2.05, 4.69) is 25.7 Å². The molecule has 0 fully saturated rings. The van der Waals surface area contributed by atoms with E-state index in [0.717, 1.165) is 5.92 Å². The fraction of sp³-hybridized carbons (Fsp3) is 0.556. The molecular formula is C9H14. The Hall–Kier alpha value is -0.520. The summed E-state index contributed by atoms with van der Waals surface area (Å²) in [5, 5.41) is 0. The Kier molecular flexibility index (Phi) is 2.10. The second-order valence-corrected chi connectivity index (χ2v) is 2.82. The monoisotopic (exact) mass is 122 g/mol. The summed E-state index contributed by atoms with van der Waals surface area (Å²) in [6, 6.07) is 0. The molecule has 1 rings (SSSR count). The summed E-state index contributed by atoms with van der Waals surface area (Å²) in [5.41, 5.74) is 1.55. The number of allylic oxidation sites excluding steroid dienone is 3. The normalized spacial score (nSPS) is 27.2. The van der Waals surface area contributed by atoms with Gasteiger partial charge in [0.15, 0.2) is 0 Å². The number of hydrogen-bond donors (Lipinski definition) is 0. The summed E-state index contributed by atoms with van der Waals surface area (Å²) >= 11 is 0. The Bertz CT molecular complexity index is 131. The molecule has 50 valence electrons. The van der Waals surface area contributed by atoms with Gasteiger partial charge in [0.1, 0.15) is 0 Å². The van der Waals surface area contributed by atoms with E-state index in [-0.39, 0.29) is 0 Å². The summed E-state index contributed by atoms with van der Waals surface area (Å²) in [4.78, 5) is 0. The van der Waals surface area contributed by atoms with Crippen LogP contribution < -0.4 is 0 Å². The van der Waals surface area contributed by atoms with E-state index in [0.29, 0.717) is 0 Å². The van der Waals surface area contributed by atoms with E-state index in [4.69, 9.17) is 0 Å². The van der Waals surface area contributed by atoms with E-state index in [1.165, 1.54) is 19.3 Å². The van der Waals surface area contributed by atoms with E-state index in [9.17, 15) is 0 Å². The van der Waals surface area contributed by atoms with Gasteiger partial charge in [0.2, 0.25) is 0 Å². The molecule has 0 N–H and O–H groups in total. The predicted molar refractivity (Wildman–Crippen MR) is 41.3 cm³/mol. The highest BCUT2D eigenvalue weighted by molar-refractivity contribution is 5.05. The van der Waals surface area contributed by atoms with Gasteiger partial charge in [0.05, 0.1) is 0 Å². The second-order valence-electron chi connectivity index (χ2n) is 2.82. The van der Waals surface area contributed by atoms with Gasteiger partial charge < -0.3 is 0 Å². The van der Waals surface area contributed by atoms with Crippen molar-refractivity contribution in [2.45, 2.75) is 26.2 Å². The maximum atomic E-state index is 3.78. The van der Waals surface area contributed by atoms with E-state index in [1.54, 1.807) is 5.57 Å². The zero-order valence-corrected chi connectivity index (χ0v) is 6.06. The van der Waals surface area contributed by atoms with Crippen LogP contribution >= 0.6 is 0 Å². The zero-order chi connectivity index (χ0) is 6.69. The van der Waals surface area contributed by atoms with Crippen molar-refractivity contribution in [2.24, 2.45) is 5.92 Å². The van der Waals surface area contributed by atoms with Gasteiger partial charge in [-0.15, -0.1) is 6.58 Å². The van der Waals surface area contributed by atoms with Crippen LogP contribution in [-0.2, 0) is 0 Å². The van der Waals surface area contributed by atoms with Crippen molar-refractivity contribution in [2.75, 3.05) is 0 Å². The Balaban J connectivity index is 2.45. The molecule has 0 nitrogen and oxygen atoms in total. The molecule has 9 heavy (non-hydrogen) atoms. The molecule has 0 unspecified atom stereocenters. The summed E-state index contributed by atoms with van der Waals surface area (Å²) in [5.74, 6) is 0.758. The van der Waals surface area contributed by atoms with Gasteiger partial charge in [-0.05, 0) is 32.1 Å². The first-order valence-electron chi connectivity index (χ1n) is 3.61. The molecule has 0 aromatic carbocycles. The van der Waals surface area contributed by atoms with Crippen LogP contribution in [0.15, 0.2) is 24.3 Å². The minimum atomic E-state index is 0.758. The molecule has 1 atom stereocenters. The minimum Gasteiger partial charge on any atom is -0.103 e. The molecule has 1 aliphatic rings. The maximum Gasteiger partial charge on any atom is -0.0198 e. The average molecular weight is 122 g/mol. The molecule has 0 spiro atoms. The first kappa shape index (κ1) is 6.60. The summed E-state index contributed by atoms with van der Waals surface area (Å²) in [7, 11) is 0. The lowest BCUT2D eigenvalue weighted by molar-refractivity contribution is 0.568. The van der Waals surface area contributed by atoms with Gasteiger partial charge in [-0.25, -0.2) is 0 Å². The van der Waals surface area contributed by atoms with Gasteiger partial charge in [0, 0.05) is 0 Å². The Labute approximate surface area is 57.3 Å². The third-order valence-electron chi connectivity index (χ3n) is 2.01. The van der Waals surface area contributed by atoms with Gasteiger partial charge in [-0.2, -0.15) is 0 Å². The van der Waals surface area contributed by atoms with Gasteiger partial charge in [-0.1, -0.05) is 17.7 Å². The molecule has 1 aliphatic carbocycles. The van der Waals surface area contributed by atoms with Gasteiger partial charge >= 0.3 is 0 Å². The van der Waals surface area contributed by atoms with Crippen LogP contribution in [0, 0.1) is 5.92 Å². The van der Waals surface area contributed by atoms with Crippen molar-refractivity contribution in [3.05, 3.63) is 24.3 Å². The lowest BCUT2D eigenvalue weighted by Gasteiger charge is -2.15. The third kappa shape index (κ3) is 1.70. The first-order chi connectivity index (χ1) is 4.33. The molecule has 0 heteroatoms. The fourth-order valence-electron chi connectivity index (χ4n) is 1.20. The minimum absolute atomic E-state index is 0.758. The smallest absolute Gasteiger partial charge is 0.0198 e. The zero-order valence-electron chi connectivity index (χ0n) is 6.06. The third-order valence-corrected chi connectivity index (χ3v) is 2.01. The van der Waals surface area contributed by atoms with E-state index < -0.39 is 0 Å². The van der Waals surface area contributed by atoms with Crippen LogP contribution in [0.5, 0.6) is 0 Å². The molecule has 0 radical (unpaired) electrons. The standard InChI is InChI=1S/C9H14/c1-3-9-6-4-8(2)5-7-9/h3-4,9H,1,5-7H2,2H3/t9-/m0/s1. The van der Waals surface area contributed by atoms with Crippen LogP contribution in [0.25, 0.3) is 0 Å². The van der Waals surface area contributed by atoms with Crippen molar-refractivity contribution in [3.63, 3.8) is 0 Å². The molecular weight excluding hydrogens is 108 g/mol. The molecule has 0 aromatic rings. The van der Waals surface area contributed by atoms with Crippen molar-refractivity contribution in [1.29, 1.82) is 0 Å². The molecule has 0 saturated heterocycles. The SMILES string of the molecule is C=C[C@H]1CC=C(C)CC1. The van der Waals surface area contributed by atoms with Gasteiger partial charge in [-0.3, -0.25) is 0 Å². The average Bonchev–Trinajstić information content (AvgIpc) is 1.90. The Morgan fingerprint density at radius 2 is 2.56 bits per heavy atom. The second kappa shape index (κ2) is 2.86. The van der Waals surface area contributed by atoms with E-state index in [1.807, 2.05) is 0 Å². The molecule has 0 heterocycles. The van der Waals surface area contributed by atoms with Crippen molar-refractivity contribution >= 4 is 0 Å². The molecule has 0 amide bonds. The molecule has 0 bridgehead atoms. The number of rotatable bonds is 1. The van der Waals surface area contributed by atoms with Crippen LogP contribution in [0.3, 0.4) is 0 Å². The Morgan fingerprint density at radius 3 is 3.00 bits per heavy atom. The largest absolute Gasteiger partial charge is 0.103 e. The van der Waals surface area contributed by atoms with Crippen molar-refractivity contribution in [3.8, 4) is 0 Å². The van der Waals surface area contributed by atoms with Crippen LogP contribution in [-0.4, -0.2) is 0 Å². The summed E-state index contributed by atoms with van der Waals surface area (Å²) in [6.45, 7) is 5.99. The van der Waals surface area contributed by atoms with E-state index >= 15 is 0 Å². The van der Waals surface area contributed by atoms with Gasteiger partial charge in [0.25, 0.3) is 0 Å². The van der Waals surface area contributed by atoms with Crippen LogP contribution in [0.1, 0.15) is 26.2 Å². The first-order valence-corrected chi connectivity index (χ1v) is 3.61. The lowest BCUT2D eigenvalue weighted by Crippen LogP contribution is -2.00. The molecule has 0 aliphatic heterocycles. The quantitative estimate of drug-likeness (QED) is 0.469. The topological polar surface area (TPSA) is 0 Å². The summed E-state index contributed by atoms with van der Waals surface area (Å²) in [6.07, 6.45) is 8.20.